The number of nitrogens with zero attached hydrogens (tertiary/aromatic N) is 3. The van der Waals surface area contributed by atoms with E-state index in [9.17, 15) is 4.79 Å². The maximum Gasteiger partial charge on any atom is 0.252 e. The van der Waals surface area contributed by atoms with Crippen molar-refractivity contribution in [3.63, 3.8) is 0 Å². The van der Waals surface area contributed by atoms with Crippen molar-refractivity contribution in [2.45, 2.75) is 12.8 Å². The van der Waals surface area contributed by atoms with Gasteiger partial charge in [-0.1, -0.05) is 6.07 Å². The summed E-state index contributed by atoms with van der Waals surface area (Å²) in [6.07, 6.45) is 8.84. The van der Waals surface area contributed by atoms with Gasteiger partial charge in [0.05, 0.1) is 5.69 Å². The number of pyridine rings is 2. The quantitative estimate of drug-likeness (QED) is 0.683. The second-order valence-electron chi connectivity index (χ2n) is 5.11. The zero-order valence-electron chi connectivity index (χ0n) is 12.6. The van der Waals surface area contributed by atoms with Gasteiger partial charge in [0.15, 0.2) is 0 Å². The summed E-state index contributed by atoms with van der Waals surface area (Å²) in [6.45, 7) is 0.720. The number of rotatable bonds is 6. The van der Waals surface area contributed by atoms with Crippen molar-refractivity contribution in [2.24, 2.45) is 0 Å². The van der Waals surface area contributed by atoms with Gasteiger partial charge in [0.1, 0.15) is 0 Å². The van der Waals surface area contributed by atoms with Crippen LogP contribution >= 0.6 is 0 Å². The van der Waals surface area contributed by atoms with Crippen molar-refractivity contribution in [3.8, 4) is 11.3 Å². The summed E-state index contributed by atoms with van der Waals surface area (Å²) >= 11 is 0. The van der Waals surface area contributed by atoms with Crippen LogP contribution in [0.1, 0.15) is 12.0 Å². The maximum absolute atomic E-state index is 11.8. The standard InChI is InChI=1S/C17H17N5O/c23-16-11-15(14-5-9-18-10-6-14)21-17(22-16)20-8-2-4-13-3-1-7-19-12-13/h1,3,5-7,9-12H,2,4,8H2,(H2,20,21,22,23). The number of H-pyrrole nitrogens is 1. The molecule has 0 saturated heterocycles. The summed E-state index contributed by atoms with van der Waals surface area (Å²) in [4.78, 5) is 27.0. The first-order valence-electron chi connectivity index (χ1n) is 7.46. The van der Waals surface area contributed by atoms with E-state index in [-0.39, 0.29) is 5.56 Å². The van der Waals surface area contributed by atoms with Gasteiger partial charge in [-0.2, -0.15) is 0 Å². The lowest BCUT2D eigenvalue weighted by Gasteiger charge is -2.07. The van der Waals surface area contributed by atoms with E-state index in [1.54, 1.807) is 18.6 Å². The molecule has 0 fully saturated rings. The summed E-state index contributed by atoms with van der Waals surface area (Å²) in [6, 6.07) is 9.12. The highest BCUT2D eigenvalue weighted by Gasteiger charge is 2.03. The number of aromatic nitrogens is 4. The smallest absolute Gasteiger partial charge is 0.252 e. The lowest BCUT2D eigenvalue weighted by atomic mass is 10.1. The van der Waals surface area contributed by atoms with Crippen LogP contribution in [0.25, 0.3) is 11.3 Å². The SMILES string of the molecule is O=c1cc(-c2ccncc2)nc(NCCCc2cccnc2)[nH]1. The van der Waals surface area contributed by atoms with Gasteiger partial charge in [-0.3, -0.25) is 19.7 Å². The molecule has 0 radical (unpaired) electrons. The molecule has 3 heterocycles. The lowest BCUT2D eigenvalue weighted by molar-refractivity contribution is 0.847. The average molecular weight is 307 g/mol. The molecular weight excluding hydrogens is 290 g/mol. The molecule has 23 heavy (non-hydrogen) atoms. The molecule has 0 aliphatic heterocycles. The molecule has 3 aromatic rings. The van der Waals surface area contributed by atoms with Crippen LogP contribution in [0.5, 0.6) is 0 Å². The molecule has 6 nitrogen and oxygen atoms in total. The van der Waals surface area contributed by atoms with E-state index < -0.39 is 0 Å². The predicted octanol–water partition coefficient (Wildman–Crippen LogP) is 2.27. The number of nitrogens with one attached hydrogen (secondary N) is 2. The van der Waals surface area contributed by atoms with Gasteiger partial charge in [-0.05, 0) is 36.6 Å². The first kappa shape index (κ1) is 14.9. The summed E-state index contributed by atoms with van der Waals surface area (Å²) in [5, 5.41) is 3.16. The molecule has 0 spiro atoms. The number of aromatic amines is 1. The molecule has 116 valence electrons. The minimum absolute atomic E-state index is 0.179. The third-order valence-corrected chi connectivity index (χ3v) is 3.38. The molecule has 3 aromatic heterocycles. The van der Waals surface area contributed by atoms with Gasteiger partial charge < -0.3 is 5.32 Å². The minimum Gasteiger partial charge on any atom is -0.356 e. The third-order valence-electron chi connectivity index (χ3n) is 3.38. The predicted molar refractivity (Wildman–Crippen MR) is 89.1 cm³/mol. The van der Waals surface area contributed by atoms with Gasteiger partial charge in [-0.25, -0.2) is 4.98 Å². The van der Waals surface area contributed by atoms with E-state index in [1.165, 1.54) is 11.6 Å². The Balaban J connectivity index is 1.62. The van der Waals surface area contributed by atoms with Gasteiger partial charge >= 0.3 is 0 Å². The van der Waals surface area contributed by atoms with Crippen LogP contribution in [0.15, 0.2) is 59.9 Å². The minimum atomic E-state index is -0.179. The molecule has 0 aliphatic rings. The average Bonchev–Trinajstić information content (AvgIpc) is 2.60. The van der Waals surface area contributed by atoms with Crippen LogP contribution < -0.4 is 10.9 Å². The Morgan fingerprint density at radius 1 is 1.09 bits per heavy atom. The first-order chi connectivity index (χ1) is 11.3. The highest BCUT2D eigenvalue weighted by Crippen LogP contribution is 2.14. The van der Waals surface area contributed by atoms with E-state index in [0.29, 0.717) is 11.6 Å². The fraction of sp³-hybridized carbons (Fsp3) is 0.176. The van der Waals surface area contributed by atoms with Crippen LogP contribution in [0.4, 0.5) is 5.95 Å². The molecule has 0 amide bonds. The van der Waals surface area contributed by atoms with Crippen LogP contribution in [0.2, 0.25) is 0 Å². The van der Waals surface area contributed by atoms with E-state index in [4.69, 9.17) is 0 Å². The molecule has 3 rings (SSSR count). The number of aryl methyl sites for hydroxylation is 1. The molecule has 0 aromatic carbocycles. The van der Waals surface area contributed by atoms with E-state index in [2.05, 4.69) is 31.3 Å². The molecular formula is C17H17N5O. The summed E-state index contributed by atoms with van der Waals surface area (Å²) in [7, 11) is 0. The Hall–Kier alpha value is -3.02. The first-order valence-corrected chi connectivity index (χ1v) is 7.46. The number of hydrogen-bond donors (Lipinski definition) is 2. The fourth-order valence-corrected chi connectivity index (χ4v) is 2.26. The maximum atomic E-state index is 11.8. The van der Waals surface area contributed by atoms with Gasteiger partial charge in [0.25, 0.3) is 5.56 Å². The van der Waals surface area contributed by atoms with Gasteiger partial charge in [0.2, 0.25) is 5.95 Å². The van der Waals surface area contributed by atoms with Crippen LogP contribution in [0, 0.1) is 0 Å². The second-order valence-corrected chi connectivity index (χ2v) is 5.11. The Labute approximate surface area is 133 Å². The van der Waals surface area contributed by atoms with E-state index >= 15 is 0 Å². The van der Waals surface area contributed by atoms with Crippen LogP contribution in [0.3, 0.4) is 0 Å². The normalized spacial score (nSPS) is 10.4. The van der Waals surface area contributed by atoms with Gasteiger partial charge in [-0.15, -0.1) is 0 Å². The Morgan fingerprint density at radius 2 is 1.96 bits per heavy atom. The van der Waals surface area contributed by atoms with Crippen molar-refractivity contribution in [3.05, 3.63) is 71.0 Å². The molecule has 0 aliphatic carbocycles. The third kappa shape index (κ3) is 4.23. The van der Waals surface area contributed by atoms with Crippen molar-refractivity contribution in [1.82, 2.24) is 19.9 Å². The zero-order chi connectivity index (χ0) is 15.9. The van der Waals surface area contributed by atoms with Gasteiger partial charge in [0, 0.05) is 43.0 Å². The lowest BCUT2D eigenvalue weighted by Crippen LogP contribution is -2.14. The Bertz CT molecular complexity index is 802. The van der Waals surface area contributed by atoms with Crippen LogP contribution in [-0.4, -0.2) is 26.5 Å². The molecule has 0 atom stereocenters. The zero-order valence-corrected chi connectivity index (χ0v) is 12.6. The highest BCUT2D eigenvalue weighted by atomic mass is 16.1. The molecule has 6 heteroatoms. The highest BCUT2D eigenvalue weighted by molar-refractivity contribution is 5.58. The van der Waals surface area contributed by atoms with Crippen LogP contribution in [-0.2, 0) is 6.42 Å². The monoisotopic (exact) mass is 307 g/mol. The molecule has 0 saturated carbocycles. The van der Waals surface area contributed by atoms with E-state index in [1.807, 2.05) is 24.4 Å². The Morgan fingerprint density at radius 3 is 2.74 bits per heavy atom. The number of hydrogen-bond acceptors (Lipinski definition) is 5. The topological polar surface area (TPSA) is 83.6 Å². The van der Waals surface area contributed by atoms with Crippen molar-refractivity contribution < 1.29 is 0 Å². The summed E-state index contributed by atoms with van der Waals surface area (Å²) < 4.78 is 0. The fourth-order valence-electron chi connectivity index (χ4n) is 2.26. The summed E-state index contributed by atoms with van der Waals surface area (Å²) in [5.41, 5.74) is 2.51. The molecule has 2 N–H and O–H groups in total. The number of anilines is 1. The summed E-state index contributed by atoms with van der Waals surface area (Å²) in [5.74, 6) is 0.482. The van der Waals surface area contributed by atoms with Crippen molar-refractivity contribution >= 4 is 5.95 Å². The van der Waals surface area contributed by atoms with E-state index in [0.717, 1.165) is 24.9 Å². The largest absolute Gasteiger partial charge is 0.356 e. The molecule has 0 unspecified atom stereocenters. The van der Waals surface area contributed by atoms with Crippen molar-refractivity contribution in [2.75, 3.05) is 11.9 Å². The molecule has 0 bridgehead atoms. The second kappa shape index (κ2) is 7.31. The Kier molecular flexibility index (Phi) is 4.73. The van der Waals surface area contributed by atoms with Crippen molar-refractivity contribution in [1.29, 1.82) is 0 Å².